The monoisotopic (exact) mass is 542 g/mol. The van der Waals surface area contributed by atoms with Crippen LogP contribution < -0.4 is 16.0 Å². The molecule has 10 heteroatoms. The van der Waals surface area contributed by atoms with Crippen LogP contribution in [0.1, 0.15) is 33.2 Å². The van der Waals surface area contributed by atoms with Gasteiger partial charge < -0.3 is 21.1 Å². The Kier molecular flexibility index (Phi) is 9.15. The summed E-state index contributed by atoms with van der Waals surface area (Å²) in [6.45, 7) is 0.360. The molecule has 4 aromatic rings. The lowest BCUT2D eigenvalue weighted by molar-refractivity contribution is -0.137. The number of carbonyl (C=O) groups is 3. The third kappa shape index (κ3) is 7.83. The number of hydrogen-bond acceptors (Lipinski definition) is 5. The van der Waals surface area contributed by atoms with Gasteiger partial charge in [-0.2, -0.15) is 0 Å². The number of carboxylic acid groups (broad SMARTS) is 1. The zero-order valence-electron chi connectivity index (χ0n) is 20.7. The minimum atomic E-state index is -1.72. The summed E-state index contributed by atoms with van der Waals surface area (Å²) < 4.78 is 13.3. The standard InChI is InChI=1S/C29H26N4O5S/c34-27(35)17-26(22-10-6-14-30-19-22)39(38)25-13-5-12-24(16-25)32-28(36)21-9-4-11-23(15-21)33-29(37)31-18-20-7-2-1-3-8-20/h1-16,19,26H,17-18H2,(H,32,36)(H,34,35)(H2,31,33,37). The van der Waals surface area contributed by atoms with Crippen LogP contribution in [-0.2, 0) is 22.1 Å². The number of nitrogens with zero attached hydrogens (tertiary/aromatic N) is 1. The highest BCUT2D eigenvalue weighted by Crippen LogP contribution is 2.29. The van der Waals surface area contributed by atoms with E-state index in [4.69, 9.17) is 0 Å². The second kappa shape index (κ2) is 13.1. The van der Waals surface area contributed by atoms with E-state index in [1.807, 2.05) is 30.3 Å². The fourth-order valence-electron chi connectivity index (χ4n) is 3.80. The largest absolute Gasteiger partial charge is 0.481 e. The number of nitrogens with one attached hydrogen (secondary N) is 3. The molecule has 0 bridgehead atoms. The zero-order chi connectivity index (χ0) is 27.6. The Balaban J connectivity index is 1.42. The molecule has 3 aromatic carbocycles. The molecule has 0 saturated heterocycles. The van der Waals surface area contributed by atoms with Crippen LogP contribution in [0.3, 0.4) is 0 Å². The van der Waals surface area contributed by atoms with Crippen molar-refractivity contribution in [3.05, 3.63) is 120 Å². The van der Waals surface area contributed by atoms with Crippen LogP contribution in [0.4, 0.5) is 16.2 Å². The van der Waals surface area contributed by atoms with Gasteiger partial charge in [-0.3, -0.25) is 18.8 Å². The summed E-state index contributed by atoms with van der Waals surface area (Å²) in [7, 11) is -1.72. The molecule has 0 fully saturated rings. The van der Waals surface area contributed by atoms with Crippen LogP contribution in [-0.4, -0.2) is 32.2 Å². The SMILES string of the molecule is O=C(O)CC(c1cccnc1)S(=O)c1cccc(NC(=O)c2cccc(NC(=O)NCc3ccccc3)c2)c1. The number of aromatic nitrogens is 1. The first-order valence-electron chi connectivity index (χ1n) is 12.0. The number of urea groups is 1. The Morgan fingerprint density at radius 1 is 0.846 bits per heavy atom. The van der Waals surface area contributed by atoms with Gasteiger partial charge in [0.1, 0.15) is 0 Å². The summed E-state index contributed by atoms with van der Waals surface area (Å²) in [5.41, 5.74) is 2.64. The normalized spacial score (nSPS) is 12.1. The minimum Gasteiger partial charge on any atom is -0.481 e. The Bertz CT molecular complexity index is 1480. The number of aliphatic carboxylic acids is 1. The van der Waals surface area contributed by atoms with Crippen molar-refractivity contribution >= 4 is 40.1 Å². The van der Waals surface area contributed by atoms with E-state index in [0.29, 0.717) is 33.9 Å². The number of anilines is 2. The molecule has 3 amide bonds. The van der Waals surface area contributed by atoms with Crippen molar-refractivity contribution in [1.82, 2.24) is 10.3 Å². The van der Waals surface area contributed by atoms with Gasteiger partial charge in [-0.15, -0.1) is 0 Å². The molecule has 4 rings (SSSR count). The smallest absolute Gasteiger partial charge is 0.319 e. The highest BCUT2D eigenvalue weighted by atomic mass is 32.2. The molecule has 0 aliphatic heterocycles. The van der Waals surface area contributed by atoms with Crippen molar-refractivity contribution in [3.8, 4) is 0 Å². The van der Waals surface area contributed by atoms with Gasteiger partial charge in [0.25, 0.3) is 5.91 Å². The molecule has 2 atom stereocenters. The molecular weight excluding hydrogens is 516 g/mol. The van der Waals surface area contributed by atoms with Gasteiger partial charge in [-0.1, -0.05) is 48.5 Å². The van der Waals surface area contributed by atoms with Crippen molar-refractivity contribution in [2.24, 2.45) is 0 Å². The van der Waals surface area contributed by atoms with Gasteiger partial charge in [0.2, 0.25) is 0 Å². The van der Waals surface area contributed by atoms with Gasteiger partial charge >= 0.3 is 12.0 Å². The molecule has 1 heterocycles. The van der Waals surface area contributed by atoms with Crippen LogP contribution in [0.5, 0.6) is 0 Å². The van der Waals surface area contributed by atoms with Crippen molar-refractivity contribution in [1.29, 1.82) is 0 Å². The molecule has 9 nitrogen and oxygen atoms in total. The Morgan fingerprint density at radius 3 is 2.31 bits per heavy atom. The van der Waals surface area contributed by atoms with Crippen LogP contribution in [0.2, 0.25) is 0 Å². The van der Waals surface area contributed by atoms with Crippen LogP contribution in [0.25, 0.3) is 0 Å². The third-order valence-corrected chi connectivity index (χ3v) is 7.35. The summed E-state index contributed by atoms with van der Waals surface area (Å²) in [4.78, 5) is 41.1. The average Bonchev–Trinajstić information content (AvgIpc) is 2.95. The Morgan fingerprint density at radius 2 is 1.59 bits per heavy atom. The number of carbonyl (C=O) groups excluding carboxylic acids is 2. The summed E-state index contributed by atoms with van der Waals surface area (Å²) in [5, 5.41) is 16.8. The minimum absolute atomic E-state index is 0.307. The highest BCUT2D eigenvalue weighted by molar-refractivity contribution is 7.85. The molecule has 39 heavy (non-hydrogen) atoms. The van der Waals surface area contributed by atoms with E-state index in [0.717, 1.165) is 5.56 Å². The first-order valence-corrected chi connectivity index (χ1v) is 13.2. The van der Waals surface area contributed by atoms with Crippen molar-refractivity contribution in [2.45, 2.75) is 23.1 Å². The van der Waals surface area contributed by atoms with E-state index in [2.05, 4.69) is 20.9 Å². The van der Waals surface area contributed by atoms with Gasteiger partial charge in [0.05, 0.1) is 22.5 Å². The fraction of sp³-hybridized carbons (Fsp3) is 0.103. The number of carboxylic acids is 1. The third-order valence-electron chi connectivity index (χ3n) is 5.68. The first kappa shape index (κ1) is 27.2. The number of rotatable bonds is 10. The Hall–Kier alpha value is -4.83. The number of amides is 3. The van der Waals surface area contributed by atoms with Gasteiger partial charge in [0.15, 0.2) is 0 Å². The quantitative estimate of drug-likeness (QED) is 0.223. The molecule has 0 aliphatic carbocycles. The van der Waals surface area contributed by atoms with Crippen LogP contribution in [0.15, 0.2) is 108 Å². The molecule has 2 unspecified atom stereocenters. The van der Waals surface area contributed by atoms with E-state index in [1.54, 1.807) is 66.9 Å². The van der Waals surface area contributed by atoms with Crippen molar-refractivity contribution < 1.29 is 23.7 Å². The van der Waals surface area contributed by atoms with Crippen molar-refractivity contribution in [3.63, 3.8) is 0 Å². The molecule has 0 saturated carbocycles. The number of hydrogen-bond donors (Lipinski definition) is 4. The first-order chi connectivity index (χ1) is 18.9. The molecule has 1 aromatic heterocycles. The summed E-state index contributed by atoms with van der Waals surface area (Å²) in [6, 6.07) is 25.4. The molecular formula is C29H26N4O5S. The van der Waals surface area contributed by atoms with Gasteiger partial charge in [-0.05, 0) is 53.6 Å². The van der Waals surface area contributed by atoms with Crippen LogP contribution in [0, 0.1) is 0 Å². The van der Waals surface area contributed by atoms with E-state index >= 15 is 0 Å². The van der Waals surface area contributed by atoms with E-state index in [-0.39, 0.29) is 6.42 Å². The van der Waals surface area contributed by atoms with Crippen LogP contribution >= 0.6 is 0 Å². The second-order valence-electron chi connectivity index (χ2n) is 8.53. The molecule has 0 radical (unpaired) electrons. The van der Waals surface area contributed by atoms with Crippen molar-refractivity contribution in [2.75, 3.05) is 10.6 Å². The predicted octanol–water partition coefficient (Wildman–Crippen LogP) is 4.98. The molecule has 0 spiro atoms. The predicted molar refractivity (Wildman–Crippen MR) is 149 cm³/mol. The maximum Gasteiger partial charge on any atom is 0.319 e. The second-order valence-corrected chi connectivity index (χ2v) is 10.2. The van der Waals surface area contributed by atoms with E-state index < -0.39 is 34.0 Å². The fourth-order valence-corrected chi connectivity index (χ4v) is 5.27. The van der Waals surface area contributed by atoms with Gasteiger partial charge in [0, 0.05) is 40.8 Å². The topological polar surface area (TPSA) is 137 Å². The molecule has 198 valence electrons. The lowest BCUT2D eigenvalue weighted by Crippen LogP contribution is -2.28. The average molecular weight is 543 g/mol. The molecule has 0 aliphatic rings. The summed E-state index contributed by atoms with van der Waals surface area (Å²) in [6.07, 6.45) is 2.72. The maximum atomic E-state index is 13.3. The lowest BCUT2D eigenvalue weighted by Gasteiger charge is -2.16. The number of benzene rings is 3. The number of pyridine rings is 1. The maximum absolute atomic E-state index is 13.3. The molecule has 4 N–H and O–H groups in total. The Labute approximate surface area is 227 Å². The van der Waals surface area contributed by atoms with Gasteiger partial charge in [-0.25, -0.2) is 4.79 Å². The zero-order valence-corrected chi connectivity index (χ0v) is 21.6. The van der Waals surface area contributed by atoms with E-state index in [9.17, 15) is 23.7 Å². The highest BCUT2D eigenvalue weighted by Gasteiger charge is 2.24. The lowest BCUT2D eigenvalue weighted by atomic mass is 10.1. The van der Waals surface area contributed by atoms with E-state index in [1.165, 1.54) is 6.20 Å². The summed E-state index contributed by atoms with van der Waals surface area (Å²) in [5.74, 6) is -1.51. The summed E-state index contributed by atoms with van der Waals surface area (Å²) >= 11 is 0.